The van der Waals surface area contributed by atoms with E-state index in [1.807, 2.05) is 0 Å². The molecule has 1 aromatic heterocycles. The zero-order valence-corrected chi connectivity index (χ0v) is 19.8. The fraction of sp³-hybridized carbons (Fsp3) is 0.238. The van der Waals surface area contributed by atoms with Gasteiger partial charge < -0.3 is 10.2 Å². The smallest absolute Gasteiger partial charge is 0.296 e. The highest BCUT2D eigenvalue weighted by molar-refractivity contribution is 7.92. The Labute approximate surface area is 195 Å². The molecule has 0 bridgehead atoms. The quantitative estimate of drug-likeness (QED) is 0.359. The molecule has 1 heterocycles. The molecule has 0 atom stereocenters. The third-order valence-corrected chi connectivity index (χ3v) is 6.66. The van der Waals surface area contributed by atoms with Gasteiger partial charge in [-0.15, -0.1) is 0 Å². The Bertz CT molecular complexity index is 1410. The van der Waals surface area contributed by atoms with Gasteiger partial charge in [0.05, 0.1) is 27.7 Å². The van der Waals surface area contributed by atoms with Crippen molar-refractivity contribution in [1.82, 2.24) is 14.7 Å². The van der Waals surface area contributed by atoms with Crippen molar-refractivity contribution >= 4 is 33.0 Å². The topological polar surface area (TPSA) is 149 Å². The average Bonchev–Trinajstić information content (AvgIpc) is 3.01. The number of nitro benzene ring substituents is 1. The highest BCUT2D eigenvalue weighted by atomic mass is 32.2. The van der Waals surface area contributed by atoms with Gasteiger partial charge in [-0.3, -0.25) is 29.1 Å². The lowest BCUT2D eigenvalue weighted by atomic mass is 10.2. The number of nitrogens with one attached hydrogen (secondary N) is 2. The molecule has 3 aromatic rings. The number of amides is 1. The van der Waals surface area contributed by atoms with Crippen LogP contribution in [-0.4, -0.2) is 49.3 Å². The van der Waals surface area contributed by atoms with Gasteiger partial charge in [0.2, 0.25) is 5.91 Å². The number of hydrogen-bond donors (Lipinski definition) is 2. The van der Waals surface area contributed by atoms with E-state index < -0.39 is 31.1 Å². The number of aromatic nitrogens is 2. The number of carbonyl (C=O) groups is 1. The summed E-state index contributed by atoms with van der Waals surface area (Å²) in [7, 11) is 0.175. The maximum absolute atomic E-state index is 13.1. The van der Waals surface area contributed by atoms with Crippen LogP contribution < -0.4 is 20.5 Å². The molecule has 180 valence electrons. The van der Waals surface area contributed by atoms with Gasteiger partial charge in [0.15, 0.2) is 0 Å². The van der Waals surface area contributed by atoms with Crippen molar-refractivity contribution in [1.29, 1.82) is 0 Å². The molecule has 0 fully saturated rings. The second-order valence-electron chi connectivity index (χ2n) is 7.48. The fourth-order valence-electron chi connectivity index (χ4n) is 3.40. The van der Waals surface area contributed by atoms with Crippen LogP contribution in [0.5, 0.6) is 0 Å². The van der Waals surface area contributed by atoms with E-state index in [2.05, 4.69) is 10.0 Å². The van der Waals surface area contributed by atoms with Gasteiger partial charge in [-0.2, -0.15) is 0 Å². The zero-order valence-electron chi connectivity index (χ0n) is 19.0. The van der Waals surface area contributed by atoms with Crippen molar-refractivity contribution in [2.45, 2.75) is 11.8 Å². The minimum Gasteiger partial charge on any atom is -0.360 e. The largest absolute Gasteiger partial charge is 0.360 e. The van der Waals surface area contributed by atoms with Gasteiger partial charge in [-0.25, -0.2) is 13.1 Å². The number of carbonyl (C=O) groups excluding carboxylic acids is 1. The molecule has 0 saturated heterocycles. The standard InChI is InChI=1S/C21H24N6O6S/c1-14-20(21(29)26(25(14)4)15-8-6-5-7-9-15)23-34(32,33)16-10-11-17(18(12-16)27(30)31)24(3)13-19(28)22-2/h5-12,23H,13H2,1-4H3,(H,22,28). The van der Waals surface area contributed by atoms with Gasteiger partial charge >= 0.3 is 0 Å². The molecule has 13 heteroatoms. The Morgan fingerprint density at radius 2 is 1.82 bits per heavy atom. The molecule has 2 aromatic carbocycles. The number of likely N-dealkylation sites (N-methyl/N-ethyl adjacent to an activating group) is 2. The van der Waals surface area contributed by atoms with E-state index in [1.165, 1.54) is 40.5 Å². The lowest BCUT2D eigenvalue weighted by Crippen LogP contribution is -2.33. The Hall–Kier alpha value is -4.13. The van der Waals surface area contributed by atoms with Crippen molar-refractivity contribution in [2.75, 3.05) is 30.3 Å². The van der Waals surface area contributed by atoms with Crippen LogP contribution in [0, 0.1) is 17.0 Å². The summed E-state index contributed by atoms with van der Waals surface area (Å²) in [5.74, 6) is -0.371. The molecule has 0 unspecified atom stereocenters. The number of nitro groups is 1. The van der Waals surface area contributed by atoms with E-state index in [1.54, 1.807) is 44.3 Å². The Balaban J connectivity index is 2.02. The lowest BCUT2D eigenvalue weighted by molar-refractivity contribution is -0.384. The van der Waals surface area contributed by atoms with Crippen molar-refractivity contribution in [3.8, 4) is 5.69 Å². The molecular formula is C21H24N6O6S. The van der Waals surface area contributed by atoms with E-state index in [9.17, 15) is 28.1 Å². The molecule has 1 amide bonds. The van der Waals surface area contributed by atoms with Crippen LogP contribution in [0.2, 0.25) is 0 Å². The van der Waals surface area contributed by atoms with Crippen LogP contribution >= 0.6 is 0 Å². The molecule has 0 aliphatic heterocycles. The first-order chi connectivity index (χ1) is 16.0. The van der Waals surface area contributed by atoms with E-state index in [0.29, 0.717) is 11.4 Å². The second kappa shape index (κ2) is 9.39. The first-order valence-corrected chi connectivity index (χ1v) is 11.5. The Kier molecular flexibility index (Phi) is 6.77. The molecule has 34 heavy (non-hydrogen) atoms. The minimum atomic E-state index is -4.35. The molecule has 0 aliphatic rings. The van der Waals surface area contributed by atoms with Crippen LogP contribution in [0.3, 0.4) is 0 Å². The van der Waals surface area contributed by atoms with Crippen molar-refractivity contribution in [3.05, 3.63) is 74.7 Å². The number of rotatable bonds is 8. The molecule has 3 rings (SSSR count). The van der Waals surface area contributed by atoms with E-state index in [-0.39, 0.29) is 23.8 Å². The first-order valence-electron chi connectivity index (χ1n) is 10.0. The van der Waals surface area contributed by atoms with Crippen LogP contribution in [0.4, 0.5) is 17.1 Å². The van der Waals surface area contributed by atoms with E-state index >= 15 is 0 Å². The highest BCUT2D eigenvalue weighted by Crippen LogP contribution is 2.31. The summed E-state index contributed by atoms with van der Waals surface area (Å²) in [6, 6.07) is 12.0. The summed E-state index contributed by atoms with van der Waals surface area (Å²) in [4.78, 5) is 36.5. The lowest BCUT2D eigenvalue weighted by Gasteiger charge is -2.18. The zero-order chi connectivity index (χ0) is 25.2. The maximum atomic E-state index is 13.1. The van der Waals surface area contributed by atoms with Gasteiger partial charge in [0, 0.05) is 27.2 Å². The van der Waals surface area contributed by atoms with Gasteiger partial charge in [0.25, 0.3) is 21.3 Å². The minimum absolute atomic E-state index is 0.0647. The summed E-state index contributed by atoms with van der Waals surface area (Å²) in [5, 5.41) is 14.1. The van der Waals surface area contributed by atoms with Crippen LogP contribution in [0.25, 0.3) is 5.69 Å². The van der Waals surface area contributed by atoms with E-state index in [4.69, 9.17) is 0 Å². The average molecular weight is 489 g/mol. The molecule has 0 aliphatic carbocycles. The first kappa shape index (κ1) is 24.5. The van der Waals surface area contributed by atoms with Crippen molar-refractivity contribution < 1.29 is 18.1 Å². The number of nitrogens with zero attached hydrogens (tertiary/aromatic N) is 4. The normalized spacial score (nSPS) is 11.2. The van der Waals surface area contributed by atoms with Crippen LogP contribution in [0.1, 0.15) is 5.69 Å². The number of anilines is 2. The molecule has 2 N–H and O–H groups in total. The third-order valence-electron chi connectivity index (χ3n) is 5.32. The number of hydrogen-bond acceptors (Lipinski definition) is 7. The van der Waals surface area contributed by atoms with Gasteiger partial charge in [0.1, 0.15) is 11.4 Å². The predicted octanol–water partition coefficient (Wildman–Crippen LogP) is 1.38. The van der Waals surface area contributed by atoms with Gasteiger partial charge in [-0.1, -0.05) is 18.2 Å². The van der Waals surface area contributed by atoms with Crippen LogP contribution in [-0.2, 0) is 21.9 Å². The summed E-state index contributed by atoms with van der Waals surface area (Å²) in [6.07, 6.45) is 0. The maximum Gasteiger partial charge on any atom is 0.296 e. The SMILES string of the molecule is CNC(=O)CN(C)c1ccc(S(=O)(=O)Nc2c(C)n(C)n(-c3ccccc3)c2=O)cc1[N+](=O)[O-]. The third kappa shape index (κ3) is 4.64. The molecule has 0 saturated carbocycles. The summed E-state index contributed by atoms with van der Waals surface area (Å²) in [6.45, 7) is 1.42. The molecule has 12 nitrogen and oxygen atoms in total. The Morgan fingerprint density at radius 1 is 1.18 bits per heavy atom. The molecular weight excluding hydrogens is 464 g/mol. The number of benzene rings is 2. The van der Waals surface area contributed by atoms with E-state index in [0.717, 1.165) is 6.07 Å². The molecule has 0 spiro atoms. The summed E-state index contributed by atoms with van der Waals surface area (Å²) in [5.41, 5.74) is -0.298. The highest BCUT2D eigenvalue weighted by Gasteiger charge is 2.26. The monoisotopic (exact) mass is 488 g/mol. The van der Waals surface area contributed by atoms with Crippen LogP contribution in [0.15, 0.2) is 58.2 Å². The summed E-state index contributed by atoms with van der Waals surface area (Å²) < 4.78 is 31.2. The van der Waals surface area contributed by atoms with Crippen molar-refractivity contribution in [3.63, 3.8) is 0 Å². The van der Waals surface area contributed by atoms with Gasteiger partial charge in [-0.05, 0) is 31.2 Å². The summed E-state index contributed by atoms with van der Waals surface area (Å²) >= 11 is 0. The Morgan fingerprint density at radius 3 is 2.41 bits per heavy atom. The van der Waals surface area contributed by atoms with Crippen molar-refractivity contribution in [2.24, 2.45) is 7.05 Å². The number of sulfonamides is 1. The second-order valence-corrected chi connectivity index (χ2v) is 9.16. The fourth-order valence-corrected chi connectivity index (χ4v) is 4.53. The number of para-hydroxylation sites is 1. The predicted molar refractivity (Wildman–Crippen MR) is 127 cm³/mol. The molecule has 0 radical (unpaired) electrons.